The van der Waals surface area contributed by atoms with Gasteiger partial charge in [0.15, 0.2) is 0 Å². The van der Waals surface area contributed by atoms with Crippen molar-refractivity contribution < 1.29 is 4.79 Å². The molecule has 1 rings (SSSR count). The number of amides is 1. The highest BCUT2D eigenvalue weighted by Crippen LogP contribution is 2.18. The minimum atomic E-state index is 0.0423. The van der Waals surface area contributed by atoms with E-state index in [1.807, 2.05) is 19.1 Å². The lowest BCUT2D eigenvalue weighted by molar-refractivity contribution is -0.116. The van der Waals surface area contributed by atoms with E-state index in [0.29, 0.717) is 24.1 Å². The van der Waals surface area contributed by atoms with Crippen LogP contribution < -0.4 is 11.1 Å². The Hall–Kier alpha value is -1.55. The highest BCUT2D eigenvalue weighted by molar-refractivity contribution is 5.91. The first kappa shape index (κ1) is 16.5. The largest absolute Gasteiger partial charge is 0.399 e. The topological polar surface area (TPSA) is 58.4 Å². The van der Waals surface area contributed by atoms with Crippen LogP contribution in [0.5, 0.6) is 0 Å². The molecule has 1 aromatic rings. The summed E-state index contributed by atoms with van der Waals surface area (Å²) in [5.74, 6) is 0.628. The highest BCUT2D eigenvalue weighted by atomic mass is 16.1. The molecule has 1 aromatic carbocycles. The van der Waals surface area contributed by atoms with Gasteiger partial charge < -0.3 is 16.0 Å². The Labute approximate surface area is 122 Å². The van der Waals surface area contributed by atoms with Crippen molar-refractivity contribution in [1.29, 1.82) is 0 Å². The highest BCUT2D eigenvalue weighted by Gasteiger charge is 2.14. The van der Waals surface area contributed by atoms with E-state index in [-0.39, 0.29) is 5.91 Å². The third-order valence-corrected chi connectivity index (χ3v) is 3.88. The van der Waals surface area contributed by atoms with Crippen molar-refractivity contribution in [3.63, 3.8) is 0 Å². The fraction of sp³-hybridized carbons (Fsp3) is 0.562. The van der Waals surface area contributed by atoms with Crippen LogP contribution in [0.2, 0.25) is 0 Å². The summed E-state index contributed by atoms with van der Waals surface area (Å²) < 4.78 is 0. The second kappa shape index (κ2) is 7.29. The Kier molecular flexibility index (Phi) is 6.02. The predicted molar refractivity (Wildman–Crippen MR) is 85.8 cm³/mol. The number of nitrogen functional groups attached to an aromatic ring is 1. The molecular formula is C16H27N3O. The van der Waals surface area contributed by atoms with Gasteiger partial charge in [0.2, 0.25) is 5.91 Å². The van der Waals surface area contributed by atoms with Crippen LogP contribution in [0.3, 0.4) is 0 Å². The van der Waals surface area contributed by atoms with Gasteiger partial charge in [-0.2, -0.15) is 0 Å². The molecule has 0 heterocycles. The number of hydrogen-bond acceptors (Lipinski definition) is 3. The fourth-order valence-electron chi connectivity index (χ4n) is 2.03. The standard InChI is InChI=1S/C16H27N3O/c1-11(2)13(4)19(5)9-8-16(20)18-15-7-6-14(17)10-12(15)3/h6-7,10-11,13H,8-9,17H2,1-5H3,(H,18,20). The van der Waals surface area contributed by atoms with Crippen molar-refractivity contribution >= 4 is 17.3 Å². The van der Waals surface area contributed by atoms with Crippen molar-refractivity contribution in [3.05, 3.63) is 23.8 Å². The minimum Gasteiger partial charge on any atom is -0.399 e. The molecule has 0 saturated heterocycles. The molecule has 1 atom stereocenters. The van der Waals surface area contributed by atoms with Gasteiger partial charge in [-0.05, 0) is 50.6 Å². The summed E-state index contributed by atoms with van der Waals surface area (Å²) in [5, 5.41) is 2.94. The Bertz CT molecular complexity index is 457. The molecule has 112 valence electrons. The van der Waals surface area contributed by atoms with Gasteiger partial charge in [0.25, 0.3) is 0 Å². The van der Waals surface area contributed by atoms with Gasteiger partial charge in [0, 0.05) is 30.4 Å². The molecule has 0 bridgehead atoms. The van der Waals surface area contributed by atoms with Crippen LogP contribution in [0, 0.1) is 12.8 Å². The molecule has 0 aliphatic rings. The first-order chi connectivity index (χ1) is 9.31. The molecular weight excluding hydrogens is 250 g/mol. The number of nitrogens with zero attached hydrogens (tertiary/aromatic N) is 1. The van der Waals surface area contributed by atoms with Crippen molar-refractivity contribution in [3.8, 4) is 0 Å². The Morgan fingerprint density at radius 2 is 2.00 bits per heavy atom. The normalized spacial score (nSPS) is 12.8. The summed E-state index contributed by atoms with van der Waals surface area (Å²) in [6.07, 6.45) is 0.497. The van der Waals surface area contributed by atoms with Gasteiger partial charge in [-0.3, -0.25) is 4.79 Å². The average molecular weight is 277 g/mol. The third kappa shape index (κ3) is 4.85. The zero-order chi connectivity index (χ0) is 15.3. The van der Waals surface area contributed by atoms with Gasteiger partial charge in [0.1, 0.15) is 0 Å². The summed E-state index contributed by atoms with van der Waals surface area (Å²) in [7, 11) is 2.06. The Balaban J connectivity index is 2.48. The maximum absolute atomic E-state index is 12.0. The first-order valence-electron chi connectivity index (χ1n) is 7.17. The summed E-state index contributed by atoms with van der Waals surface area (Å²) in [5.41, 5.74) is 8.24. The average Bonchev–Trinajstić information content (AvgIpc) is 2.38. The van der Waals surface area contributed by atoms with E-state index in [1.54, 1.807) is 6.07 Å². The molecule has 0 saturated carbocycles. The van der Waals surface area contributed by atoms with E-state index in [0.717, 1.165) is 17.8 Å². The SMILES string of the molecule is Cc1cc(N)ccc1NC(=O)CCN(C)C(C)C(C)C. The second-order valence-corrected chi connectivity index (χ2v) is 5.84. The molecule has 0 aliphatic heterocycles. The number of nitrogens with two attached hydrogens (primary N) is 1. The van der Waals surface area contributed by atoms with Crippen molar-refractivity contribution in [1.82, 2.24) is 4.90 Å². The first-order valence-corrected chi connectivity index (χ1v) is 7.17. The van der Waals surface area contributed by atoms with E-state index in [9.17, 15) is 4.79 Å². The molecule has 3 N–H and O–H groups in total. The van der Waals surface area contributed by atoms with E-state index in [1.165, 1.54) is 0 Å². The predicted octanol–water partition coefficient (Wildman–Crippen LogP) is 2.88. The van der Waals surface area contributed by atoms with Crippen molar-refractivity contribution in [2.45, 2.75) is 40.2 Å². The Morgan fingerprint density at radius 1 is 1.35 bits per heavy atom. The molecule has 0 spiro atoms. The van der Waals surface area contributed by atoms with Gasteiger partial charge >= 0.3 is 0 Å². The lowest BCUT2D eigenvalue weighted by Gasteiger charge is -2.27. The Morgan fingerprint density at radius 3 is 2.55 bits per heavy atom. The van der Waals surface area contributed by atoms with Gasteiger partial charge in [-0.15, -0.1) is 0 Å². The van der Waals surface area contributed by atoms with Crippen LogP contribution in [0.4, 0.5) is 11.4 Å². The fourth-order valence-corrected chi connectivity index (χ4v) is 2.03. The number of carbonyl (C=O) groups excluding carboxylic acids is 1. The zero-order valence-corrected chi connectivity index (χ0v) is 13.2. The molecule has 1 unspecified atom stereocenters. The summed E-state index contributed by atoms with van der Waals surface area (Å²) >= 11 is 0. The number of aryl methyl sites for hydroxylation is 1. The zero-order valence-electron chi connectivity index (χ0n) is 13.2. The molecule has 0 aromatic heterocycles. The van der Waals surface area contributed by atoms with Gasteiger partial charge in [0.05, 0.1) is 0 Å². The summed E-state index contributed by atoms with van der Waals surface area (Å²) in [6.45, 7) is 9.28. The molecule has 4 heteroatoms. The maximum atomic E-state index is 12.0. The number of benzene rings is 1. The van der Waals surface area contributed by atoms with Crippen LogP contribution in [0.15, 0.2) is 18.2 Å². The molecule has 20 heavy (non-hydrogen) atoms. The third-order valence-electron chi connectivity index (χ3n) is 3.88. The minimum absolute atomic E-state index is 0.0423. The van der Waals surface area contributed by atoms with Gasteiger partial charge in [-0.1, -0.05) is 13.8 Å². The molecule has 4 nitrogen and oxygen atoms in total. The van der Waals surface area contributed by atoms with Crippen molar-refractivity contribution in [2.24, 2.45) is 5.92 Å². The maximum Gasteiger partial charge on any atom is 0.225 e. The summed E-state index contributed by atoms with van der Waals surface area (Å²) in [4.78, 5) is 14.2. The number of anilines is 2. The van der Waals surface area contributed by atoms with Crippen LogP contribution >= 0.6 is 0 Å². The van der Waals surface area contributed by atoms with E-state index in [4.69, 9.17) is 5.73 Å². The number of rotatable bonds is 6. The van der Waals surface area contributed by atoms with Crippen molar-refractivity contribution in [2.75, 3.05) is 24.6 Å². The quantitative estimate of drug-likeness (QED) is 0.786. The van der Waals surface area contributed by atoms with Gasteiger partial charge in [-0.25, -0.2) is 0 Å². The number of nitrogens with one attached hydrogen (secondary N) is 1. The van der Waals surface area contributed by atoms with E-state index >= 15 is 0 Å². The second-order valence-electron chi connectivity index (χ2n) is 5.84. The van der Waals surface area contributed by atoms with E-state index < -0.39 is 0 Å². The molecule has 0 aliphatic carbocycles. The smallest absolute Gasteiger partial charge is 0.225 e. The monoisotopic (exact) mass is 277 g/mol. The number of hydrogen-bond donors (Lipinski definition) is 2. The van der Waals surface area contributed by atoms with Crippen LogP contribution in [0.25, 0.3) is 0 Å². The lowest BCUT2D eigenvalue weighted by atomic mass is 10.1. The summed E-state index contributed by atoms with van der Waals surface area (Å²) in [6, 6.07) is 5.99. The number of carbonyl (C=O) groups is 1. The van der Waals surface area contributed by atoms with Crippen LogP contribution in [0.1, 0.15) is 32.8 Å². The molecule has 0 radical (unpaired) electrons. The van der Waals surface area contributed by atoms with Crippen LogP contribution in [-0.2, 0) is 4.79 Å². The molecule has 1 amide bonds. The van der Waals surface area contributed by atoms with Crippen LogP contribution in [-0.4, -0.2) is 30.4 Å². The molecule has 0 fully saturated rings. The van der Waals surface area contributed by atoms with E-state index in [2.05, 4.69) is 38.0 Å². The lowest BCUT2D eigenvalue weighted by Crippen LogP contribution is -2.35.